The first-order chi connectivity index (χ1) is 12.9. The van der Waals surface area contributed by atoms with Crippen LogP contribution in [0, 0.1) is 0 Å². The summed E-state index contributed by atoms with van der Waals surface area (Å²) in [6.07, 6.45) is 8.87. The summed E-state index contributed by atoms with van der Waals surface area (Å²) in [6.45, 7) is 1.06. The van der Waals surface area contributed by atoms with Crippen LogP contribution in [0.3, 0.4) is 0 Å². The Morgan fingerprint density at radius 3 is 2.52 bits per heavy atom. The van der Waals surface area contributed by atoms with Crippen molar-refractivity contribution >= 4 is 15.9 Å². The van der Waals surface area contributed by atoms with E-state index in [1.807, 2.05) is 24.3 Å². The molecule has 0 bridgehead atoms. The second-order valence-electron chi connectivity index (χ2n) is 6.89. The third-order valence-electron chi connectivity index (χ3n) is 4.77. The predicted octanol–water partition coefficient (Wildman–Crippen LogP) is 2.85. The molecule has 1 N–H and O–H groups in total. The molecule has 0 fully saturated rings. The summed E-state index contributed by atoms with van der Waals surface area (Å²) in [7, 11) is -1.72. The predicted molar refractivity (Wildman–Crippen MR) is 107 cm³/mol. The van der Waals surface area contributed by atoms with Crippen LogP contribution in [0.5, 0.6) is 5.75 Å². The molecule has 150 valence electrons. The molecule has 6 nitrogen and oxygen atoms in total. The van der Waals surface area contributed by atoms with Gasteiger partial charge < -0.3 is 10.1 Å². The van der Waals surface area contributed by atoms with Crippen LogP contribution in [0.1, 0.15) is 44.1 Å². The van der Waals surface area contributed by atoms with Crippen LogP contribution in [-0.2, 0) is 21.4 Å². The van der Waals surface area contributed by atoms with Crippen molar-refractivity contribution in [1.82, 2.24) is 9.62 Å². The molecule has 0 aromatic heterocycles. The molecule has 0 spiro atoms. The number of methoxy groups -OCH3 is 1. The van der Waals surface area contributed by atoms with Crippen molar-refractivity contribution in [3.8, 4) is 5.75 Å². The highest BCUT2D eigenvalue weighted by molar-refractivity contribution is 7.88. The number of allylic oxidation sites excluding steroid dienone is 1. The van der Waals surface area contributed by atoms with E-state index in [0.717, 1.165) is 30.6 Å². The van der Waals surface area contributed by atoms with Crippen LogP contribution in [0.4, 0.5) is 0 Å². The van der Waals surface area contributed by atoms with Gasteiger partial charge >= 0.3 is 0 Å². The number of sulfonamides is 1. The Balaban J connectivity index is 1.78. The van der Waals surface area contributed by atoms with Crippen molar-refractivity contribution in [3.63, 3.8) is 0 Å². The SMILES string of the molecule is COc1ccc(CNC(=O)CCN(CCC2=CCCCC2)S(C)(=O)=O)cc1. The monoisotopic (exact) mass is 394 g/mol. The number of nitrogens with one attached hydrogen (secondary N) is 1. The molecular weight excluding hydrogens is 364 g/mol. The van der Waals surface area contributed by atoms with Gasteiger partial charge in [-0.15, -0.1) is 0 Å². The number of ether oxygens (including phenoxy) is 1. The van der Waals surface area contributed by atoms with Gasteiger partial charge in [0.15, 0.2) is 0 Å². The number of carbonyl (C=O) groups excluding carboxylic acids is 1. The second-order valence-corrected chi connectivity index (χ2v) is 8.88. The van der Waals surface area contributed by atoms with Crippen LogP contribution in [0.2, 0.25) is 0 Å². The lowest BCUT2D eigenvalue weighted by atomic mass is 9.97. The quantitative estimate of drug-likeness (QED) is 0.619. The number of benzene rings is 1. The number of carbonyl (C=O) groups is 1. The van der Waals surface area contributed by atoms with E-state index in [1.54, 1.807) is 7.11 Å². The van der Waals surface area contributed by atoms with E-state index in [2.05, 4.69) is 11.4 Å². The molecule has 0 aliphatic heterocycles. The number of rotatable bonds is 10. The van der Waals surface area contributed by atoms with Gasteiger partial charge in [-0.1, -0.05) is 23.8 Å². The normalized spacial score (nSPS) is 14.7. The molecule has 0 unspecified atom stereocenters. The summed E-state index contributed by atoms with van der Waals surface area (Å²) in [5.74, 6) is 0.610. The van der Waals surface area contributed by atoms with E-state index in [9.17, 15) is 13.2 Å². The third kappa shape index (κ3) is 7.72. The standard InChI is InChI=1S/C20H30N2O4S/c1-26-19-10-8-18(9-11-19)16-21-20(23)13-15-22(27(2,24)25)14-12-17-6-4-3-5-7-17/h6,8-11H,3-5,7,12-16H2,1-2H3,(H,21,23). The number of amides is 1. The van der Waals surface area contributed by atoms with E-state index < -0.39 is 10.0 Å². The molecule has 1 aliphatic carbocycles. The lowest BCUT2D eigenvalue weighted by Gasteiger charge is -2.21. The van der Waals surface area contributed by atoms with E-state index in [1.165, 1.54) is 29.0 Å². The molecule has 2 rings (SSSR count). The third-order valence-corrected chi connectivity index (χ3v) is 6.08. The highest BCUT2D eigenvalue weighted by Crippen LogP contribution is 2.20. The average molecular weight is 395 g/mol. The van der Waals surface area contributed by atoms with Crippen LogP contribution < -0.4 is 10.1 Å². The zero-order chi connectivity index (χ0) is 19.7. The highest BCUT2D eigenvalue weighted by Gasteiger charge is 2.18. The first-order valence-electron chi connectivity index (χ1n) is 9.41. The first-order valence-corrected chi connectivity index (χ1v) is 11.3. The van der Waals surface area contributed by atoms with Crippen LogP contribution in [0.15, 0.2) is 35.9 Å². The zero-order valence-corrected chi connectivity index (χ0v) is 17.1. The van der Waals surface area contributed by atoms with E-state index in [0.29, 0.717) is 13.1 Å². The van der Waals surface area contributed by atoms with Gasteiger partial charge in [0.1, 0.15) is 5.75 Å². The van der Waals surface area contributed by atoms with Gasteiger partial charge in [0.2, 0.25) is 15.9 Å². The van der Waals surface area contributed by atoms with Crippen LogP contribution in [0.25, 0.3) is 0 Å². The van der Waals surface area contributed by atoms with E-state index in [-0.39, 0.29) is 18.9 Å². The molecule has 1 aliphatic rings. The van der Waals surface area contributed by atoms with Gasteiger partial charge in [-0.25, -0.2) is 12.7 Å². The fourth-order valence-corrected chi connectivity index (χ4v) is 3.95. The molecule has 0 atom stereocenters. The minimum absolute atomic E-state index is 0.155. The number of hydrogen-bond acceptors (Lipinski definition) is 4. The molecule has 7 heteroatoms. The molecule has 27 heavy (non-hydrogen) atoms. The van der Waals surface area contributed by atoms with Gasteiger partial charge in [0, 0.05) is 26.1 Å². The molecule has 1 amide bonds. The van der Waals surface area contributed by atoms with Crippen molar-refractivity contribution in [2.24, 2.45) is 0 Å². The minimum Gasteiger partial charge on any atom is -0.497 e. The minimum atomic E-state index is -3.32. The van der Waals surface area contributed by atoms with Gasteiger partial charge in [-0.05, 0) is 49.8 Å². The second kappa shape index (κ2) is 10.5. The Hall–Kier alpha value is -1.86. The maximum Gasteiger partial charge on any atom is 0.221 e. The Morgan fingerprint density at radius 1 is 1.19 bits per heavy atom. The number of hydrogen-bond donors (Lipinski definition) is 1. The fraction of sp³-hybridized carbons (Fsp3) is 0.550. The average Bonchev–Trinajstić information content (AvgIpc) is 2.66. The lowest BCUT2D eigenvalue weighted by Crippen LogP contribution is -2.35. The largest absolute Gasteiger partial charge is 0.497 e. The summed E-state index contributed by atoms with van der Waals surface area (Å²) in [5.41, 5.74) is 2.30. The summed E-state index contributed by atoms with van der Waals surface area (Å²) < 4.78 is 30.6. The molecule has 0 saturated carbocycles. The number of nitrogens with zero attached hydrogens (tertiary/aromatic N) is 1. The van der Waals surface area contributed by atoms with Gasteiger partial charge in [0.05, 0.1) is 13.4 Å². The highest BCUT2D eigenvalue weighted by atomic mass is 32.2. The van der Waals surface area contributed by atoms with Crippen LogP contribution >= 0.6 is 0 Å². The topological polar surface area (TPSA) is 75.7 Å². The fourth-order valence-electron chi connectivity index (χ4n) is 3.10. The summed E-state index contributed by atoms with van der Waals surface area (Å²) in [6, 6.07) is 7.46. The van der Waals surface area contributed by atoms with Gasteiger partial charge in [-0.3, -0.25) is 4.79 Å². The van der Waals surface area contributed by atoms with Crippen molar-refractivity contribution < 1.29 is 17.9 Å². The molecule has 0 saturated heterocycles. The maximum atomic E-state index is 12.1. The summed E-state index contributed by atoms with van der Waals surface area (Å²) in [5, 5.41) is 2.84. The van der Waals surface area contributed by atoms with Gasteiger partial charge in [0.25, 0.3) is 0 Å². The first kappa shape index (κ1) is 21.4. The smallest absolute Gasteiger partial charge is 0.221 e. The zero-order valence-electron chi connectivity index (χ0n) is 16.2. The Kier molecular flexibility index (Phi) is 8.31. The van der Waals surface area contributed by atoms with E-state index >= 15 is 0 Å². The molecule has 0 radical (unpaired) electrons. The van der Waals surface area contributed by atoms with Crippen molar-refractivity contribution in [1.29, 1.82) is 0 Å². The summed E-state index contributed by atoms with van der Waals surface area (Å²) in [4.78, 5) is 12.1. The van der Waals surface area contributed by atoms with Gasteiger partial charge in [-0.2, -0.15) is 0 Å². The van der Waals surface area contributed by atoms with Crippen molar-refractivity contribution in [2.45, 2.75) is 45.1 Å². The van der Waals surface area contributed by atoms with E-state index in [4.69, 9.17) is 4.74 Å². The molecule has 0 heterocycles. The maximum absolute atomic E-state index is 12.1. The molecule has 1 aromatic rings. The molecular formula is C20H30N2O4S. The van der Waals surface area contributed by atoms with Crippen molar-refractivity contribution in [3.05, 3.63) is 41.5 Å². The Bertz CT molecular complexity index is 742. The Morgan fingerprint density at radius 2 is 1.93 bits per heavy atom. The van der Waals surface area contributed by atoms with Crippen LogP contribution in [-0.4, -0.2) is 45.1 Å². The summed E-state index contributed by atoms with van der Waals surface area (Å²) >= 11 is 0. The lowest BCUT2D eigenvalue weighted by molar-refractivity contribution is -0.121. The molecule has 1 aromatic carbocycles. The van der Waals surface area contributed by atoms with Crippen molar-refractivity contribution in [2.75, 3.05) is 26.5 Å². The Labute approximate surface area is 162 Å².